The summed E-state index contributed by atoms with van der Waals surface area (Å²) in [5.74, 6) is 1.38. The zero-order valence-electron chi connectivity index (χ0n) is 11.7. The van der Waals surface area contributed by atoms with E-state index in [1.807, 2.05) is 6.92 Å². The van der Waals surface area contributed by atoms with E-state index in [2.05, 4.69) is 19.2 Å². The minimum Gasteiger partial charge on any atom is -0.459 e. The molecule has 3 heteroatoms. The van der Waals surface area contributed by atoms with E-state index in [0.29, 0.717) is 12.0 Å². The second kappa shape index (κ2) is 4.64. The van der Waals surface area contributed by atoms with Crippen LogP contribution in [0.5, 0.6) is 0 Å². The third kappa shape index (κ3) is 2.39. The zero-order chi connectivity index (χ0) is 13.6. The highest BCUT2D eigenvalue weighted by Gasteiger charge is 2.31. The first-order valence-electron chi connectivity index (χ1n) is 7.01. The van der Waals surface area contributed by atoms with Crippen LogP contribution in [0.15, 0.2) is 16.5 Å². The van der Waals surface area contributed by atoms with Crippen molar-refractivity contribution in [3.05, 3.63) is 34.8 Å². The molecule has 2 nitrogen and oxygen atoms in total. The van der Waals surface area contributed by atoms with E-state index in [1.54, 1.807) is 12.1 Å². The van der Waals surface area contributed by atoms with E-state index in [9.17, 15) is 4.39 Å². The fourth-order valence-electron chi connectivity index (χ4n) is 2.64. The van der Waals surface area contributed by atoms with Crippen molar-refractivity contribution in [3.63, 3.8) is 0 Å². The molecule has 1 saturated carbocycles. The molecule has 1 aliphatic carbocycles. The van der Waals surface area contributed by atoms with Crippen LogP contribution in [0.3, 0.4) is 0 Å². The summed E-state index contributed by atoms with van der Waals surface area (Å²) >= 11 is 0. The molecule has 0 amide bonds. The van der Waals surface area contributed by atoms with E-state index in [1.165, 1.54) is 18.4 Å². The zero-order valence-corrected chi connectivity index (χ0v) is 11.7. The number of hydrogen-bond acceptors (Lipinski definition) is 2. The van der Waals surface area contributed by atoms with Crippen LogP contribution in [-0.4, -0.2) is 6.04 Å². The number of rotatable bonds is 4. The van der Waals surface area contributed by atoms with E-state index >= 15 is 0 Å². The highest BCUT2D eigenvalue weighted by atomic mass is 19.1. The van der Waals surface area contributed by atoms with Crippen LogP contribution < -0.4 is 5.32 Å². The van der Waals surface area contributed by atoms with E-state index in [0.717, 1.165) is 28.8 Å². The summed E-state index contributed by atoms with van der Waals surface area (Å²) in [4.78, 5) is 0. The Balaban J connectivity index is 2.10. The molecule has 1 fully saturated rings. The van der Waals surface area contributed by atoms with Gasteiger partial charge in [0.05, 0.1) is 6.54 Å². The summed E-state index contributed by atoms with van der Waals surface area (Å²) in [5, 5.41) is 4.37. The van der Waals surface area contributed by atoms with Gasteiger partial charge in [-0.1, -0.05) is 13.8 Å². The summed E-state index contributed by atoms with van der Waals surface area (Å²) in [7, 11) is 0. The summed E-state index contributed by atoms with van der Waals surface area (Å²) in [6, 6.07) is 3.58. The Labute approximate surface area is 113 Å². The molecule has 1 N–H and O–H groups in total. The average molecular weight is 261 g/mol. The maximum absolute atomic E-state index is 13.6. The Kier molecular flexibility index (Phi) is 3.09. The van der Waals surface area contributed by atoms with Crippen molar-refractivity contribution in [1.29, 1.82) is 0 Å². The van der Waals surface area contributed by atoms with Crippen molar-refractivity contribution in [2.45, 2.75) is 52.1 Å². The first kappa shape index (κ1) is 12.7. The number of fused-ring (bicyclic) bond motifs is 1. The maximum atomic E-state index is 13.6. The molecule has 102 valence electrons. The fourth-order valence-corrected chi connectivity index (χ4v) is 2.64. The number of halogens is 1. The van der Waals surface area contributed by atoms with Gasteiger partial charge in [0, 0.05) is 17.0 Å². The fraction of sp³-hybridized carbons (Fsp3) is 0.500. The second-order valence-electron chi connectivity index (χ2n) is 5.85. The molecule has 0 spiro atoms. The topological polar surface area (TPSA) is 25.2 Å². The first-order valence-corrected chi connectivity index (χ1v) is 7.01. The molecule has 0 aliphatic heterocycles. The molecular formula is C16H20FNO. The van der Waals surface area contributed by atoms with E-state index < -0.39 is 0 Å². The van der Waals surface area contributed by atoms with Crippen LogP contribution >= 0.6 is 0 Å². The largest absolute Gasteiger partial charge is 0.459 e. The molecule has 0 saturated heterocycles. The van der Waals surface area contributed by atoms with Gasteiger partial charge in [-0.25, -0.2) is 4.39 Å². The second-order valence-corrected chi connectivity index (χ2v) is 5.85. The predicted octanol–water partition coefficient (Wildman–Crippen LogP) is 4.26. The molecule has 2 aromatic rings. The molecule has 1 heterocycles. The molecule has 1 aromatic heterocycles. The van der Waals surface area contributed by atoms with Crippen molar-refractivity contribution in [3.8, 4) is 0 Å². The Bertz CT molecular complexity index is 611. The van der Waals surface area contributed by atoms with Crippen LogP contribution in [0, 0.1) is 12.7 Å². The Morgan fingerprint density at radius 1 is 1.37 bits per heavy atom. The lowest BCUT2D eigenvalue weighted by Gasteiger charge is -2.07. The van der Waals surface area contributed by atoms with Gasteiger partial charge in [-0.3, -0.25) is 0 Å². The Morgan fingerprint density at radius 2 is 2.11 bits per heavy atom. The monoisotopic (exact) mass is 261 g/mol. The van der Waals surface area contributed by atoms with Crippen LogP contribution in [-0.2, 0) is 6.54 Å². The van der Waals surface area contributed by atoms with Gasteiger partial charge in [0.25, 0.3) is 0 Å². The van der Waals surface area contributed by atoms with Gasteiger partial charge in [0.15, 0.2) is 0 Å². The van der Waals surface area contributed by atoms with Crippen molar-refractivity contribution in [1.82, 2.24) is 5.32 Å². The third-order valence-electron chi connectivity index (χ3n) is 3.71. The summed E-state index contributed by atoms with van der Waals surface area (Å²) in [6.07, 6.45) is 2.39. The summed E-state index contributed by atoms with van der Waals surface area (Å²) < 4.78 is 19.6. The molecule has 1 aromatic carbocycles. The smallest absolute Gasteiger partial charge is 0.137 e. The van der Waals surface area contributed by atoms with Crippen molar-refractivity contribution < 1.29 is 8.81 Å². The molecule has 0 bridgehead atoms. The molecule has 0 unspecified atom stereocenters. The van der Waals surface area contributed by atoms with Crippen LogP contribution in [0.1, 0.15) is 49.5 Å². The summed E-state index contributed by atoms with van der Waals surface area (Å²) in [5.41, 5.74) is 2.96. The van der Waals surface area contributed by atoms with Crippen molar-refractivity contribution >= 4 is 11.0 Å². The first-order chi connectivity index (χ1) is 9.06. The van der Waals surface area contributed by atoms with Gasteiger partial charge in [0.2, 0.25) is 0 Å². The quantitative estimate of drug-likeness (QED) is 0.889. The number of hydrogen-bond donors (Lipinski definition) is 1. The molecular weight excluding hydrogens is 241 g/mol. The minimum absolute atomic E-state index is 0.170. The normalized spacial score (nSPS) is 15.6. The van der Waals surface area contributed by atoms with Crippen LogP contribution in [0.2, 0.25) is 0 Å². The van der Waals surface area contributed by atoms with E-state index in [-0.39, 0.29) is 5.82 Å². The van der Waals surface area contributed by atoms with Gasteiger partial charge in [-0.15, -0.1) is 0 Å². The predicted molar refractivity (Wildman–Crippen MR) is 74.9 cm³/mol. The summed E-state index contributed by atoms with van der Waals surface area (Å²) in [6.45, 7) is 6.86. The van der Waals surface area contributed by atoms with Crippen LogP contribution in [0.4, 0.5) is 4.39 Å². The van der Waals surface area contributed by atoms with Crippen LogP contribution in [0.25, 0.3) is 11.0 Å². The Hall–Kier alpha value is -1.35. The lowest BCUT2D eigenvalue weighted by atomic mass is 10.0. The Morgan fingerprint density at radius 3 is 2.74 bits per heavy atom. The molecule has 1 aliphatic rings. The van der Waals surface area contributed by atoms with Gasteiger partial charge in [-0.2, -0.15) is 0 Å². The van der Waals surface area contributed by atoms with Gasteiger partial charge >= 0.3 is 0 Å². The lowest BCUT2D eigenvalue weighted by molar-refractivity contribution is 0.482. The third-order valence-corrected chi connectivity index (χ3v) is 3.71. The highest BCUT2D eigenvalue weighted by Crippen LogP contribution is 2.46. The highest BCUT2D eigenvalue weighted by molar-refractivity contribution is 5.86. The van der Waals surface area contributed by atoms with Crippen molar-refractivity contribution in [2.24, 2.45) is 0 Å². The SMILES string of the molecule is Cc1cc(F)cc2c(C3CC3)c(CNC(C)C)oc12. The molecule has 3 rings (SSSR count). The maximum Gasteiger partial charge on any atom is 0.137 e. The van der Waals surface area contributed by atoms with Crippen molar-refractivity contribution in [2.75, 3.05) is 0 Å². The number of nitrogens with one attached hydrogen (secondary N) is 1. The molecule has 19 heavy (non-hydrogen) atoms. The van der Waals surface area contributed by atoms with Gasteiger partial charge in [-0.05, 0) is 43.4 Å². The number of furan rings is 1. The molecule has 0 atom stereocenters. The van der Waals surface area contributed by atoms with E-state index in [4.69, 9.17) is 4.42 Å². The minimum atomic E-state index is -0.170. The van der Waals surface area contributed by atoms with Gasteiger partial charge < -0.3 is 9.73 Å². The lowest BCUT2D eigenvalue weighted by Crippen LogP contribution is -2.22. The number of aryl methyl sites for hydroxylation is 1. The molecule has 0 radical (unpaired) electrons. The van der Waals surface area contributed by atoms with Gasteiger partial charge in [0.1, 0.15) is 17.2 Å². The average Bonchev–Trinajstić information content (AvgIpc) is 3.08. The number of benzene rings is 1. The standard InChI is InChI=1S/C16H20FNO/c1-9(2)18-8-14-15(11-4-5-11)13-7-12(17)6-10(3)16(13)19-14/h6-7,9,11,18H,4-5,8H2,1-3H3.